The summed E-state index contributed by atoms with van der Waals surface area (Å²) in [5.74, 6) is 2.62. The van der Waals surface area contributed by atoms with Crippen LogP contribution >= 0.6 is 0 Å². The molecule has 0 N–H and O–H groups in total. The molecule has 1 saturated carbocycles. The minimum absolute atomic E-state index is 0.778. The van der Waals surface area contributed by atoms with Crippen LogP contribution in [0.5, 0.6) is 0 Å². The number of allylic oxidation sites excluding steroid dienone is 2. The van der Waals surface area contributed by atoms with Crippen LogP contribution in [0.3, 0.4) is 0 Å². The van der Waals surface area contributed by atoms with E-state index in [1.165, 1.54) is 119 Å². The van der Waals surface area contributed by atoms with Crippen molar-refractivity contribution in [2.45, 2.75) is 122 Å². The zero-order valence-corrected chi connectivity index (χ0v) is 22.7. The molecule has 35 heavy (non-hydrogen) atoms. The molecule has 0 nitrogen and oxygen atoms in total. The minimum Gasteiger partial charge on any atom is -0.0804 e. The molecule has 0 heterocycles. The highest BCUT2D eigenvalue weighted by molar-refractivity contribution is 5.71. The van der Waals surface area contributed by atoms with Gasteiger partial charge in [-0.05, 0) is 77.7 Å². The Bertz CT molecular complexity index is 877. The Morgan fingerprint density at radius 2 is 1.20 bits per heavy atom. The maximum atomic E-state index is 2.55. The van der Waals surface area contributed by atoms with Gasteiger partial charge < -0.3 is 0 Å². The molecule has 2 aliphatic carbocycles. The molecule has 190 valence electrons. The topological polar surface area (TPSA) is 0 Å². The Morgan fingerprint density at radius 1 is 0.629 bits per heavy atom. The number of hydrogen-bond donors (Lipinski definition) is 0. The van der Waals surface area contributed by atoms with Gasteiger partial charge in [-0.1, -0.05) is 139 Å². The molecule has 0 heteroatoms. The van der Waals surface area contributed by atoms with Crippen LogP contribution in [-0.2, 0) is 0 Å². The summed E-state index contributed by atoms with van der Waals surface area (Å²) in [6.45, 7) is 4.71. The standard InChI is InChI=1S/C35H50/c1-3-4-5-6-7-8-9-10-11-29-14-18-31(19-15-29)33-22-26-35(27-23-33)34-24-20-32(21-25-34)30-16-12-28(2)13-17-30/h18,20-30H,3-17,19H2,1-2H3. The van der Waals surface area contributed by atoms with Crippen molar-refractivity contribution in [1.82, 2.24) is 0 Å². The Balaban J connectivity index is 1.21. The van der Waals surface area contributed by atoms with Gasteiger partial charge >= 0.3 is 0 Å². The number of rotatable bonds is 12. The summed E-state index contributed by atoms with van der Waals surface area (Å²) in [6, 6.07) is 18.9. The quantitative estimate of drug-likeness (QED) is 0.270. The molecule has 1 atom stereocenters. The zero-order chi connectivity index (χ0) is 24.3. The summed E-state index contributed by atoms with van der Waals surface area (Å²) in [4.78, 5) is 0. The zero-order valence-electron chi connectivity index (χ0n) is 22.7. The normalized spacial score (nSPS) is 22.7. The summed E-state index contributed by atoms with van der Waals surface area (Å²) in [5, 5.41) is 0. The van der Waals surface area contributed by atoms with E-state index in [4.69, 9.17) is 0 Å². The summed E-state index contributed by atoms with van der Waals surface area (Å²) in [7, 11) is 0. The fraction of sp³-hybridized carbons (Fsp3) is 0.600. The molecule has 0 aromatic heterocycles. The van der Waals surface area contributed by atoms with Gasteiger partial charge in [0.05, 0.1) is 0 Å². The van der Waals surface area contributed by atoms with Crippen LogP contribution in [0.4, 0.5) is 0 Å². The van der Waals surface area contributed by atoms with Crippen molar-refractivity contribution in [3.05, 3.63) is 65.7 Å². The van der Waals surface area contributed by atoms with Crippen molar-refractivity contribution in [2.75, 3.05) is 0 Å². The first-order valence-electron chi connectivity index (χ1n) is 15.1. The molecule has 2 aromatic rings. The molecule has 4 rings (SSSR count). The van der Waals surface area contributed by atoms with Crippen LogP contribution in [0.15, 0.2) is 54.6 Å². The van der Waals surface area contributed by atoms with Gasteiger partial charge in [0.15, 0.2) is 0 Å². The van der Waals surface area contributed by atoms with Crippen LogP contribution < -0.4 is 0 Å². The van der Waals surface area contributed by atoms with Gasteiger partial charge in [0.25, 0.3) is 0 Å². The summed E-state index contributed by atoms with van der Waals surface area (Å²) < 4.78 is 0. The molecule has 0 aliphatic heterocycles. The highest BCUT2D eigenvalue weighted by Gasteiger charge is 2.19. The van der Waals surface area contributed by atoms with Gasteiger partial charge in [0.2, 0.25) is 0 Å². The second-order valence-electron chi connectivity index (χ2n) is 11.8. The third-order valence-electron chi connectivity index (χ3n) is 8.97. The summed E-state index contributed by atoms with van der Waals surface area (Å²) >= 11 is 0. The van der Waals surface area contributed by atoms with E-state index in [1.54, 1.807) is 11.1 Å². The Kier molecular flexibility index (Phi) is 10.5. The highest BCUT2D eigenvalue weighted by atomic mass is 14.2. The first kappa shape index (κ1) is 26.2. The molecular formula is C35H50. The molecule has 1 unspecified atom stereocenters. The summed E-state index contributed by atoms with van der Waals surface area (Å²) in [6.07, 6.45) is 24.9. The fourth-order valence-corrected chi connectivity index (χ4v) is 6.40. The van der Waals surface area contributed by atoms with Crippen molar-refractivity contribution in [3.63, 3.8) is 0 Å². The monoisotopic (exact) mass is 470 g/mol. The lowest BCUT2D eigenvalue weighted by molar-refractivity contribution is 0.348. The average molecular weight is 471 g/mol. The molecule has 0 spiro atoms. The van der Waals surface area contributed by atoms with Gasteiger partial charge in [0.1, 0.15) is 0 Å². The number of unbranched alkanes of at least 4 members (excludes halogenated alkanes) is 7. The predicted octanol–water partition coefficient (Wildman–Crippen LogP) is 11.4. The van der Waals surface area contributed by atoms with E-state index in [9.17, 15) is 0 Å². The maximum Gasteiger partial charge on any atom is -0.0162 e. The van der Waals surface area contributed by atoms with Gasteiger partial charge in [-0.15, -0.1) is 0 Å². The molecule has 1 fully saturated rings. The smallest absolute Gasteiger partial charge is 0.0162 e. The minimum atomic E-state index is 0.778. The number of benzene rings is 2. The Hall–Kier alpha value is -1.82. The van der Waals surface area contributed by atoms with Gasteiger partial charge in [-0.3, -0.25) is 0 Å². The van der Waals surface area contributed by atoms with E-state index < -0.39 is 0 Å². The highest BCUT2D eigenvalue weighted by Crippen LogP contribution is 2.37. The van der Waals surface area contributed by atoms with Gasteiger partial charge in [0, 0.05) is 0 Å². The third kappa shape index (κ3) is 8.09. The molecule has 2 aliphatic rings. The molecule has 0 bridgehead atoms. The van der Waals surface area contributed by atoms with E-state index in [2.05, 4.69) is 68.5 Å². The second kappa shape index (κ2) is 14.1. The van der Waals surface area contributed by atoms with Crippen molar-refractivity contribution < 1.29 is 0 Å². The SMILES string of the molecule is CCCCCCCCCCC1CC=C(c2ccc(-c3ccc(C4CCC(C)CC4)cc3)cc2)CC1. The third-order valence-corrected chi connectivity index (χ3v) is 8.97. The lowest BCUT2D eigenvalue weighted by Crippen LogP contribution is -2.10. The van der Waals surface area contributed by atoms with Crippen molar-refractivity contribution in [3.8, 4) is 11.1 Å². The molecule has 0 amide bonds. The Morgan fingerprint density at radius 3 is 1.80 bits per heavy atom. The van der Waals surface area contributed by atoms with E-state index in [0.29, 0.717) is 0 Å². The number of hydrogen-bond acceptors (Lipinski definition) is 0. The predicted molar refractivity (Wildman–Crippen MR) is 155 cm³/mol. The van der Waals surface area contributed by atoms with Gasteiger partial charge in [-0.2, -0.15) is 0 Å². The van der Waals surface area contributed by atoms with Crippen LogP contribution in [0.1, 0.15) is 134 Å². The largest absolute Gasteiger partial charge is 0.0804 e. The molecule has 2 aromatic carbocycles. The fourth-order valence-electron chi connectivity index (χ4n) is 6.40. The van der Waals surface area contributed by atoms with Crippen LogP contribution in [-0.4, -0.2) is 0 Å². The molecule has 0 saturated heterocycles. The first-order valence-corrected chi connectivity index (χ1v) is 15.1. The van der Waals surface area contributed by atoms with E-state index >= 15 is 0 Å². The van der Waals surface area contributed by atoms with E-state index in [1.807, 2.05) is 0 Å². The van der Waals surface area contributed by atoms with E-state index in [-0.39, 0.29) is 0 Å². The molecular weight excluding hydrogens is 420 g/mol. The van der Waals surface area contributed by atoms with E-state index in [0.717, 1.165) is 17.8 Å². The second-order valence-corrected chi connectivity index (χ2v) is 11.8. The van der Waals surface area contributed by atoms with Crippen LogP contribution in [0.25, 0.3) is 16.7 Å². The Labute approximate surface area is 216 Å². The van der Waals surface area contributed by atoms with Crippen molar-refractivity contribution in [2.24, 2.45) is 11.8 Å². The van der Waals surface area contributed by atoms with Crippen molar-refractivity contribution >= 4 is 5.57 Å². The first-order chi connectivity index (χ1) is 17.2. The van der Waals surface area contributed by atoms with Crippen LogP contribution in [0.2, 0.25) is 0 Å². The van der Waals surface area contributed by atoms with Crippen molar-refractivity contribution in [1.29, 1.82) is 0 Å². The summed E-state index contributed by atoms with van der Waals surface area (Å²) in [5.41, 5.74) is 7.26. The van der Waals surface area contributed by atoms with Crippen LogP contribution in [0, 0.1) is 11.8 Å². The average Bonchev–Trinajstić information content (AvgIpc) is 2.91. The lowest BCUT2D eigenvalue weighted by Gasteiger charge is -2.26. The maximum absolute atomic E-state index is 2.55. The molecule has 0 radical (unpaired) electrons. The lowest BCUT2D eigenvalue weighted by atomic mass is 9.79. The van der Waals surface area contributed by atoms with Gasteiger partial charge in [-0.25, -0.2) is 0 Å².